The molecular weight excluding hydrogens is 316 g/mol. The molecule has 0 spiro atoms. The number of anilines is 1. The number of hydrogen-bond acceptors (Lipinski definition) is 5. The van der Waals surface area contributed by atoms with Crippen LogP contribution in [-0.2, 0) is 13.0 Å². The number of nitrogens with zero attached hydrogens (tertiary/aromatic N) is 3. The van der Waals surface area contributed by atoms with Crippen LogP contribution in [0.3, 0.4) is 0 Å². The Labute approximate surface area is 149 Å². The molecule has 140 valence electrons. The summed E-state index contributed by atoms with van der Waals surface area (Å²) in [4.78, 5) is 23.8. The number of rotatable bonds is 9. The average Bonchev–Trinajstić information content (AvgIpc) is 2.81. The number of hydrogen-bond donors (Lipinski definition) is 3. The number of nitrogens with two attached hydrogens (primary N) is 1. The second-order valence-corrected chi connectivity index (χ2v) is 7.65. The molecule has 0 fully saturated rings. The maximum Gasteiger partial charge on any atom is 0.327 e. The van der Waals surface area contributed by atoms with E-state index in [-0.39, 0.29) is 17.2 Å². The SMILES string of the molecule is CCCCCc1nc(N)nc2[nH]c(=O)n(CCCCNC(C)(C)C)c12. The van der Waals surface area contributed by atoms with Gasteiger partial charge in [0, 0.05) is 12.1 Å². The predicted octanol–water partition coefficient (Wildman–Crippen LogP) is 2.60. The molecular formula is C18H32N6O. The second-order valence-electron chi connectivity index (χ2n) is 7.65. The fourth-order valence-electron chi connectivity index (χ4n) is 2.95. The summed E-state index contributed by atoms with van der Waals surface area (Å²) in [5, 5.41) is 3.47. The largest absolute Gasteiger partial charge is 0.368 e. The number of aromatic nitrogens is 4. The first kappa shape index (κ1) is 19.4. The lowest BCUT2D eigenvalue weighted by Gasteiger charge is -2.20. The standard InChI is InChI=1S/C18H32N6O/c1-5-6-7-10-13-14-15(22-16(19)21-13)23-17(25)24(14)12-9-8-11-20-18(2,3)4/h20H,5-12H2,1-4H3,(H3,19,21,22,23,25). The first-order valence-electron chi connectivity index (χ1n) is 9.31. The first-order valence-corrected chi connectivity index (χ1v) is 9.31. The number of nitrogen functional groups attached to an aromatic ring is 1. The van der Waals surface area contributed by atoms with E-state index in [1.807, 2.05) is 0 Å². The van der Waals surface area contributed by atoms with E-state index < -0.39 is 0 Å². The van der Waals surface area contributed by atoms with Crippen LogP contribution in [0.25, 0.3) is 11.2 Å². The summed E-state index contributed by atoms with van der Waals surface area (Å²) in [5.74, 6) is 0.224. The fourth-order valence-corrected chi connectivity index (χ4v) is 2.95. The molecule has 7 nitrogen and oxygen atoms in total. The highest BCUT2D eigenvalue weighted by Gasteiger charge is 2.15. The number of unbranched alkanes of at least 4 members (excludes halogenated alkanes) is 3. The summed E-state index contributed by atoms with van der Waals surface area (Å²) < 4.78 is 1.77. The third-order valence-electron chi connectivity index (χ3n) is 4.19. The van der Waals surface area contributed by atoms with E-state index in [0.29, 0.717) is 12.2 Å². The lowest BCUT2D eigenvalue weighted by atomic mass is 10.1. The van der Waals surface area contributed by atoms with E-state index >= 15 is 0 Å². The number of imidazole rings is 1. The highest BCUT2D eigenvalue weighted by molar-refractivity contribution is 5.74. The molecule has 0 radical (unpaired) electrons. The van der Waals surface area contributed by atoms with Crippen LogP contribution in [0.5, 0.6) is 0 Å². The van der Waals surface area contributed by atoms with Crippen LogP contribution in [0, 0.1) is 0 Å². The van der Waals surface area contributed by atoms with Crippen molar-refractivity contribution in [2.45, 2.75) is 78.3 Å². The molecule has 2 rings (SSSR count). The lowest BCUT2D eigenvalue weighted by molar-refractivity contribution is 0.414. The Morgan fingerprint density at radius 2 is 1.92 bits per heavy atom. The van der Waals surface area contributed by atoms with E-state index in [0.717, 1.165) is 56.3 Å². The monoisotopic (exact) mass is 348 g/mol. The first-order chi connectivity index (χ1) is 11.8. The van der Waals surface area contributed by atoms with Crippen molar-refractivity contribution in [2.24, 2.45) is 0 Å². The summed E-state index contributed by atoms with van der Waals surface area (Å²) in [5.41, 5.74) is 8.05. The number of aryl methyl sites for hydroxylation is 2. The van der Waals surface area contributed by atoms with Gasteiger partial charge in [0.2, 0.25) is 5.95 Å². The van der Waals surface area contributed by atoms with E-state index in [9.17, 15) is 4.79 Å². The molecule has 0 aliphatic rings. The minimum Gasteiger partial charge on any atom is -0.368 e. The Bertz CT molecular complexity index is 740. The maximum atomic E-state index is 12.3. The van der Waals surface area contributed by atoms with Gasteiger partial charge >= 0.3 is 5.69 Å². The van der Waals surface area contributed by atoms with Gasteiger partial charge in [-0.25, -0.2) is 9.78 Å². The Balaban J connectivity index is 2.13. The van der Waals surface area contributed by atoms with Gasteiger partial charge in [0.25, 0.3) is 0 Å². The topological polar surface area (TPSA) is 102 Å². The molecule has 4 N–H and O–H groups in total. The molecule has 2 heterocycles. The van der Waals surface area contributed by atoms with E-state index in [1.54, 1.807) is 4.57 Å². The van der Waals surface area contributed by atoms with Gasteiger partial charge in [-0.3, -0.25) is 9.55 Å². The number of aromatic amines is 1. The normalized spacial score (nSPS) is 12.2. The molecule has 0 unspecified atom stereocenters. The van der Waals surface area contributed by atoms with Gasteiger partial charge < -0.3 is 11.1 Å². The van der Waals surface area contributed by atoms with Crippen molar-refractivity contribution in [3.63, 3.8) is 0 Å². The van der Waals surface area contributed by atoms with Crippen LogP contribution in [0.2, 0.25) is 0 Å². The van der Waals surface area contributed by atoms with Crippen molar-refractivity contribution >= 4 is 17.1 Å². The summed E-state index contributed by atoms with van der Waals surface area (Å²) in [6.07, 6.45) is 6.08. The van der Waals surface area contributed by atoms with Gasteiger partial charge in [-0.15, -0.1) is 0 Å². The second kappa shape index (κ2) is 8.47. The van der Waals surface area contributed by atoms with Crippen molar-refractivity contribution in [3.05, 3.63) is 16.2 Å². The van der Waals surface area contributed by atoms with Gasteiger partial charge in [-0.1, -0.05) is 19.8 Å². The summed E-state index contributed by atoms with van der Waals surface area (Å²) >= 11 is 0. The zero-order valence-electron chi connectivity index (χ0n) is 16.0. The van der Waals surface area contributed by atoms with Crippen molar-refractivity contribution in [3.8, 4) is 0 Å². The smallest absolute Gasteiger partial charge is 0.327 e. The van der Waals surface area contributed by atoms with Crippen molar-refractivity contribution in [2.75, 3.05) is 12.3 Å². The molecule has 0 bridgehead atoms. The van der Waals surface area contributed by atoms with Crippen LogP contribution in [0.4, 0.5) is 5.95 Å². The third-order valence-corrected chi connectivity index (χ3v) is 4.19. The van der Waals surface area contributed by atoms with Gasteiger partial charge in [0.1, 0.15) is 5.52 Å². The Kier molecular flexibility index (Phi) is 6.58. The molecule has 0 saturated heterocycles. The van der Waals surface area contributed by atoms with Gasteiger partial charge in [0.15, 0.2) is 5.65 Å². The predicted molar refractivity (Wildman–Crippen MR) is 103 cm³/mol. The van der Waals surface area contributed by atoms with Crippen LogP contribution < -0.4 is 16.7 Å². The quantitative estimate of drug-likeness (QED) is 0.605. The zero-order chi connectivity index (χ0) is 18.4. The maximum absolute atomic E-state index is 12.3. The van der Waals surface area contributed by atoms with Gasteiger partial charge in [-0.2, -0.15) is 4.98 Å². The molecule has 0 saturated carbocycles. The van der Waals surface area contributed by atoms with Crippen molar-refractivity contribution in [1.82, 2.24) is 24.8 Å². The molecule has 25 heavy (non-hydrogen) atoms. The Morgan fingerprint density at radius 1 is 1.16 bits per heavy atom. The molecule has 0 amide bonds. The minimum absolute atomic E-state index is 0.120. The average molecular weight is 348 g/mol. The molecule has 0 atom stereocenters. The fraction of sp³-hybridized carbons (Fsp3) is 0.722. The van der Waals surface area contributed by atoms with Gasteiger partial charge in [0.05, 0.1) is 5.69 Å². The summed E-state index contributed by atoms with van der Waals surface area (Å²) in [6, 6.07) is 0. The molecule has 2 aromatic heterocycles. The third kappa shape index (κ3) is 5.56. The molecule has 0 aliphatic carbocycles. The molecule has 0 aliphatic heterocycles. The summed E-state index contributed by atoms with van der Waals surface area (Å²) in [6.45, 7) is 10.2. The Hall–Kier alpha value is -1.89. The van der Waals surface area contributed by atoms with Crippen LogP contribution in [-0.4, -0.2) is 31.6 Å². The van der Waals surface area contributed by atoms with Crippen LogP contribution >= 0.6 is 0 Å². The number of H-pyrrole nitrogens is 1. The highest BCUT2D eigenvalue weighted by Crippen LogP contribution is 2.17. The van der Waals surface area contributed by atoms with E-state index in [4.69, 9.17) is 5.73 Å². The number of fused-ring (bicyclic) bond motifs is 1. The highest BCUT2D eigenvalue weighted by atomic mass is 16.1. The van der Waals surface area contributed by atoms with E-state index in [2.05, 4.69) is 48.0 Å². The summed E-state index contributed by atoms with van der Waals surface area (Å²) in [7, 11) is 0. The minimum atomic E-state index is -0.129. The Morgan fingerprint density at radius 3 is 2.60 bits per heavy atom. The van der Waals surface area contributed by atoms with E-state index in [1.165, 1.54) is 0 Å². The van der Waals surface area contributed by atoms with Crippen LogP contribution in [0.15, 0.2) is 4.79 Å². The molecule has 2 aromatic rings. The van der Waals surface area contributed by atoms with Crippen LogP contribution in [0.1, 0.15) is 65.5 Å². The van der Waals surface area contributed by atoms with Crippen molar-refractivity contribution < 1.29 is 0 Å². The van der Waals surface area contributed by atoms with Gasteiger partial charge in [-0.05, 0) is 53.0 Å². The zero-order valence-corrected chi connectivity index (χ0v) is 16.0. The number of nitrogens with one attached hydrogen (secondary N) is 2. The molecule has 0 aromatic carbocycles. The molecule has 7 heteroatoms. The van der Waals surface area contributed by atoms with Crippen molar-refractivity contribution in [1.29, 1.82) is 0 Å². The lowest BCUT2D eigenvalue weighted by Crippen LogP contribution is -2.36.